The van der Waals surface area contributed by atoms with Crippen LogP contribution in [0.4, 0.5) is 14.5 Å². The SMILES string of the molecule is NC(=S)c1ccc(N)c(F)c1F. The van der Waals surface area contributed by atoms with Crippen molar-refractivity contribution in [3.05, 3.63) is 29.3 Å². The number of hydrogen-bond acceptors (Lipinski definition) is 2. The Hall–Kier alpha value is -1.23. The summed E-state index contributed by atoms with van der Waals surface area (Å²) in [5.74, 6) is -2.21. The Morgan fingerprint density at radius 3 is 2.33 bits per heavy atom. The predicted octanol–water partition coefficient (Wildman–Crippen LogP) is 1.18. The summed E-state index contributed by atoms with van der Waals surface area (Å²) >= 11 is 4.48. The van der Waals surface area contributed by atoms with Gasteiger partial charge in [0.15, 0.2) is 11.6 Å². The molecule has 0 radical (unpaired) electrons. The summed E-state index contributed by atoms with van der Waals surface area (Å²) in [6.07, 6.45) is 0. The van der Waals surface area contributed by atoms with Crippen molar-refractivity contribution in [1.82, 2.24) is 0 Å². The molecule has 12 heavy (non-hydrogen) atoms. The van der Waals surface area contributed by atoms with Crippen molar-refractivity contribution in [3.63, 3.8) is 0 Å². The molecule has 0 bridgehead atoms. The van der Waals surface area contributed by atoms with Gasteiger partial charge in [-0.3, -0.25) is 0 Å². The first-order valence-electron chi connectivity index (χ1n) is 3.07. The zero-order valence-corrected chi connectivity index (χ0v) is 6.79. The Labute approximate surface area is 73.2 Å². The van der Waals surface area contributed by atoms with Crippen LogP contribution in [0.25, 0.3) is 0 Å². The Kier molecular flexibility index (Phi) is 2.23. The van der Waals surface area contributed by atoms with Gasteiger partial charge in [-0.2, -0.15) is 0 Å². The van der Waals surface area contributed by atoms with Crippen LogP contribution in [0.5, 0.6) is 0 Å². The number of benzene rings is 1. The van der Waals surface area contributed by atoms with Gasteiger partial charge in [-0.1, -0.05) is 12.2 Å². The van der Waals surface area contributed by atoms with E-state index in [-0.39, 0.29) is 16.2 Å². The van der Waals surface area contributed by atoms with Crippen LogP contribution in [0.15, 0.2) is 12.1 Å². The maximum atomic E-state index is 12.9. The number of thiocarbonyl (C=S) groups is 1. The first-order valence-corrected chi connectivity index (χ1v) is 3.48. The lowest BCUT2D eigenvalue weighted by molar-refractivity contribution is 0.510. The Balaban J connectivity index is 3.36. The van der Waals surface area contributed by atoms with Crippen LogP contribution < -0.4 is 11.5 Å². The third kappa shape index (κ3) is 1.35. The largest absolute Gasteiger partial charge is 0.396 e. The lowest BCUT2D eigenvalue weighted by Gasteiger charge is -2.02. The molecule has 1 rings (SSSR count). The van der Waals surface area contributed by atoms with Crippen molar-refractivity contribution in [3.8, 4) is 0 Å². The number of rotatable bonds is 1. The van der Waals surface area contributed by atoms with Crippen LogP contribution in [-0.4, -0.2) is 4.99 Å². The van der Waals surface area contributed by atoms with Gasteiger partial charge in [0, 0.05) is 5.56 Å². The molecule has 5 heteroatoms. The maximum absolute atomic E-state index is 12.9. The van der Waals surface area contributed by atoms with Crippen molar-refractivity contribution in [2.45, 2.75) is 0 Å². The van der Waals surface area contributed by atoms with Crippen molar-refractivity contribution in [2.75, 3.05) is 5.73 Å². The zero-order chi connectivity index (χ0) is 9.30. The fraction of sp³-hybridized carbons (Fsp3) is 0. The molecule has 0 atom stereocenters. The average Bonchev–Trinajstić information content (AvgIpc) is 2.00. The van der Waals surface area contributed by atoms with Gasteiger partial charge in [-0.25, -0.2) is 8.78 Å². The molecule has 2 nitrogen and oxygen atoms in total. The van der Waals surface area contributed by atoms with Gasteiger partial charge < -0.3 is 11.5 Å². The molecule has 1 aromatic rings. The standard InChI is InChI=1S/C7H6F2N2S/c8-5-3(7(11)12)1-2-4(10)6(5)9/h1-2H,10H2,(H2,11,12). The van der Waals surface area contributed by atoms with E-state index in [9.17, 15) is 8.78 Å². The van der Waals surface area contributed by atoms with Crippen LogP contribution in [0.1, 0.15) is 5.56 Å². The second-order valence-corrected chi connectivity index (χ2v) is 2.63. The van der Waals surface area contributed by atoms with E-state index < -0.39 is 11.6 Å². The van der Waals surface area contributed by atoms with Crippen molar-refractivity contribution < 1.29 is 8.78 Å². The van der Waals surface area contributed by atoms with Gasteiger partial charge in [0.1, 0.15) is 4.99 Å². The van der Waals surface area contributed by atoms with E-state index in [1.807, 2.05) is 0 Å². The smallest absolute Gasteiger partial charge is 0.182 e. The molecule has 0 aliphatic rings. The van der Waals surface area contributed by atoms with Crippen LogP contribution in [0.2, 0.25) is 0 Å². The summed E-state index contributed by atoms with van der Waals surface area (Å²) in [6.45, 7) is 0. The summed E-state index contributed by atoms with van der Waals surface area (Å²) in [5.41, 5.74) is 9.82. The maximum Gasteiger partial charge on any atom is 0.182 e. The van der Waals surface area contributed by atoms with Gasteiger partial charge in [-0.15, -0.1) is 0 Å². The van der Waals surface area contributed by atoms with Crippen LogP contribution in [-0.2, 0) is 0 Å². The molecular weight excluding hydrogens is 182 g/mol. The lowest BCUT2D eigenvalue weighted by Crippen LogP contribution is -2.13. The second kappa shape index (κ2) is 3.02. The normalized spacial score (nSPS) is 9.83. The van der Waals surface area contributed by atoms with E-state index in [1.54, 1.807) is 0 Å². The molecule has 1 aromatic carbocycles. The molecule has 0 aromatic heterocycles. The van der Waals surface area contributed by atoms with Gasteiger partial charge in [0.2, 0.25) is 0 Å². The Bertz CT molecular complexity index is 338. The summed E-state index contributed by atoms with van der Waals surface area (Å²) in [5, 5.41) is 0. The van der Waals surface area contributed by atoms with E-state index >= 15 is 0 Å². The van der Waals surface area contributed by atoms with Gasteiger partial charge >= 0.3 is 0 Å². The highest BCUT2D eigenvalue weighted by Crippen LogP contribution is 2.17. The van der Waals surface area contributed by atoms with Crippen LogP contribution in [0.3, 0.4) is 0 Å². The van der Waals surface area contributed by atoms with E-state index in [0.717, 1.165) is 0 Å². The number of halogens is 2. The lowest BCUT2D eigenvalue weighted by atomic mass is 10.2. The molecule has 0 saturated heterocycles. The summed E-state index contributed by atoms with van der Waals surface area (Å²) in [4.78, 5) is -0.189. The van der Waals surface area contributed by atoms with Crippen molar-refractivity contribution in [1.29, 1.82) is 0 Å². The molecule has 0 amide bonds. The highest BCUT2D eigenvalue weighted by molar-refractivity contribution is 7.80. The number of hydrogen-bond donors (Lipinski definition) is 2. The fourth-order valence-corrected chi connectivity index (χ4v) is 0.912. The monoisotopic (exact) mass is 188 g/mol. The van der Waals surface area contributed by atoms with E-state index in [4.69, 9.17) is 11.5 Å². The minimum atomic E-state index is -1.11. The number of nitrogen functional groups attached to an aromatic ring is 1. The molecule has 0 fully saturated rings. The Morgan fingerprint density at radius 1 is 1.25 bits per heavy atom. The molecular formula is C7H6F2N2S. The minimum Gasteiger partial charge on any atom is -0.396 e. The Morgan fingerprint density at radius 2 is 1.83 bits per heavy atom. The molecule has 4 N–H and O–H groups in total. The quantitative estimate of drug-likeness (QED) is 0.514. The van der Waals surface area contributed by atoms with Gasteiger partial charge in [0.25, 0.3) is 0 Å². The van der Waals surface area contributed by atoms with E-state index in [2.05, 4.69) is 12.2 Å². The van der Waals surface area contributed by atoms with Gasteiger partial charge in [0.05, 0.1) is 5.69 Å². The summed E-state index contributed by atoms with van der Waals surface area (Å²) in [7, 11) is 0. The second-order valence-electron chi connectivity index (χ2n) is 2.19. The molecule has 0 unspecified atom stereocenters. The fourth-order valence-electron chi connectivity index (χ4n) is 0.755. The third-order valence-electron chi connectivity index (χ3n) is 1.38. The highest BCUT2D eigenvalue weighted by Gasteiger charge is 2.12. The molecule has 64 valence electrons. The number of anilines is 1. The molecule has 0 saturated carbocycles. The minimum absolute atomic E-state index is 0.128. The molecule has 0 heterocycles. The summed E-state index contributed by atoms with van der Waals surface area (Å²) in [6, 6.07) is 2.46. The van der Waals surface area contributed by atoms with Crippen LogP contribution in [0, 0.1) is 11.6 Å². The van der Waals surface area contributed by atoms with Crippen molar-refractivity contribution in [2.24, 2.45) is 5.73 Å². The first-order chi connectivity index (χ1) is 5.54. The molecule has 0 aliphatic carbocycles. The average molecular weight is 188 g/mol. The third-order valence-corrected chi connectivity index (χ3v) is 1.60. The summed E-state index contributed by atoms with van der Waals surface area (Å²) < 4.78 is 25.6. The number of nitrogens with two attached hydrogens (primary N) is 2. The van der Waals surface area contributed by atoms with Crippen LogP contribution >= 0.6 is 12.2 Å². The van der Waals surface area contributed by atoms with Gasteiger partial charge in [-0.05, 0) is 12.1 Å². The van der Waals surface area contributed by atoms with Crippen molar-refractivity contribution >= 4 is 22.9 Å². The molecule has 0 aliphatic heterocycles. The van der Waals surface area contributed by atoms with E-state index in [1.165, 1.54) is 12.1 Å². The predicted molar refractivity (Wildman–Crippen MR) is 46.7 cm³/mol. The zero-order valence-electron chi connectivity index (χ0n) is 5.97. The van der Waals surface area contributed by atoms with E-state index in [0.29, 0.717) is 0 Å². The first kappa shape index (κ1) is 8.86. The molecule has 0 spiro atoms. The topological polar surface area (TPSA) is 52.0 Å². The highest BCUT2D eigenvalue weighted by atomic mass is 32.1.